The number of aryl methyl sites for hydroxylation is 2. The SMILES string of the molecule is C=CN(C=C(C)C)c1ccc(Nc2nc(CC)c3c(n2)N2CC[C@@H](c4ccc(F)cc4)C2C(=O)N3C)cc1C. The van der Waals surface area contributed by atoms with Crippen LogP contribution in [0.2, 0.25) is 0 Å². The van der Waals surface area contributed by atoms with Gasteiger partial charge in [-0.05, 0) is 75.1 Å². The number of nitrogens with one attached hydrogen (secondary N) is 1. The molecule has 0 saturated carbocycles. The summed E-state index contributed by atoms with van der Waals surface area (Å²) in [5.74, 6) is 0.960. The fourth-order valence-corrected chi connectivity index (χ4v) is 5.69. The number of hydrogen-bond acceptors (Lipinski definition) is 6. The van der Waals surface area contributed by atoms with Gasteiger partial charge in [-0.25, -0.2) is 9.37 Å². The number of nitrogens with zero attached hydrogens (tertiary/aromatic N) is 5. The molecule has 7 nitrogen and oxygen atoms in total. The molecule has 3 aromatic rings. The Kier molecular flexibility index (Phi) is 7.12. The Hall–Kier alpha value is -4.20. The van der Waals surface area contributed by atoms with Crippen molar-refractivity contribution in [2.45, 2.75) is 52.5 Å². The van der Waals surface area contributed by atoms with E-state index in [1.165, 1.54) is 17.7 Å². The minimum absolute atomic E-state index is 0.0164. The molecule has 1 fully saturated rings. The van der Waals surface area contributed by atoms with Crippen molar-refractivity contribution < 1.29 is 9.18 Å². The predicted octanol–water partition coefficient (Wildman–Crippen LogP) is 6.44. The van der Waals surface area contributed by atoms with E-state index in [1.54, 1.807) is 30.3 Å². The van der Waals surface area contributed by atoms with E-state index < -0.39 is 0 Å². The first kappa shape index (κ1) is 26.4. The standard InChI is InChI=1S/C31H35FN6O/c1-7-25-28-29(38-16-15-24(27(38)30(39)36(28)6)21-9-11-22(32)12-10-21)35-31(34-25)33-23-13-14-26(20(5)17-23)37(8-2)18-19(3)4/h8-14,17-18,24,27H,2,7,15-16H2,1,3-6H3,(H,33,34,35)/t24-,27?/m0/s1. The number of carbonyl (C=O) groups excluding carboxylic acids is 1. The minimum Gasteiger partial charge on any atom is -0.342 e. The highest BCUT2D eigenvalue weighted by molar-refractivity contribution is 6.06. The van der Waals surface area contributed by atoms with Crippen molar-refractivity contribution in [3.8, 4) is 0 Å². The fraction of sp³-hybridized carbons (Fsp3) is 0.323. The molecule has 0 radical (unpaired) electrons. The molecule has 5 rings (SSSR count). The third-order valence-electron chi connectivity index (χ3n) is 7.48. The third kappa shape index (κ3) is 4.87. The molecule has 3 heterocycles. The Balaban J connectivity index is 1.49. The van der Waals surface area contributed by atoms with E-state index in [0.717, 1.165) is 46.1 Å². The molecular formula is C31H35FN6O. The summed E-state index contributed by atoms with van der Waals surface area (Å²) < 4.78 is 13.6. The molecular weight excluding hydrogens is 491 g/mol. The summed E-state index contributed by atoms with van der Waals surface area (Å²) in [7, 11) is 1.80. The first-order valence-corrected chi connectivity index (χ1v) is 13.4. The molecule has 8 heteroatoms. The summed E-state index contributed by atoms with van der Waals surface area (Å²) in [6.07, 6.45) is 5.29. The lowest BCUT2D eigenvalue weighted by Gasteiger charge is -2.39. The quantitative estimate of drug-likeness (QED) is 0.382. The predicted molar refractivity (Wildman–Crippen MR) is 156 cm³/mol. The van der Waals surface area contributed by atoms with Gasteiger partial charge in [0.05, 0.1) is 5.69 Å². The second-order valence-electron chi connectivity index (χ2n) is 10.4. The Bertz CT molecular complexity index is 1450. The van der Waals surface area contributed by atoms with Gasteiger partial charge in [-0.3, -0.25) is 4.79 Å². The highest BCUT2D eigenvalue weighted by Crippen LogP contribution is 2.45. The smallest absolute Gasteiger partial charge is 0.250 e. The van der Waals surface area contributed by atoms with Crippen LogP contribution in [0.15, 0.2) is 67.0 Å². The first-order chi connectivity index (χ1) is 18.7. The molecule has 1 unspecified atom stereocenters. The van der Waals surface area contributed by atoms with Gasteiger partial charge in [-0.1, -0.05) is 31.2 Å². The number of amides is 1. The molecule has 39 heavy (non-hydrogen) atoms. The van der Waals surface area contributed by atoms with Gasteiger partial charge in [0.2, 0.25) is 11.9 Å². The molecule has 1 N–H and O–H groups in total. The highest BCUT2D eigenvalue weighted by atomic mass is 19.1. The maximum absolute atomic E-state index is 13.6. The van der Waals surface area contributed by atoms with Gasteiger partial charge in [0.1, 0.15) is 17.5 Å². The average molecular weight is 527 g/mol. The number of fused-ring (bicyclic) bond motifs is 3. The molecule has 202 valence electrons. The van der Waals surface area contributed by atoms with Crippen LogP contribution in [0.5, 0.6) is 0 Å². The lowest BCUT2D eigenvalue weighted by atomic mass is 9.90. The number of allylic oxidation sites excluding steroid dienone is 1. The Labute approximate surface area is 229 Å². The number of aromatic nitrogens is 2. The molecule has 0 aliphatic carbocycles. The van der Waals surface area contributed by atoms with Gasteiger partial charge in [0.15, 0.2) is 5.82 Å². The van der Waals surface area contributed by atoms with Crippen molar-refractivity contribution in [3.63, 3.8) is 0 Å². The second kappa shape index (κ2) is 10.5. The van der Waals surface area contributed by atoms with Crippen molar-refractivity contribution in [2.75, 3.05) is 33.6 Å². The van der Waals surface area contributed by atoms with E-state index in [9.17, 15) is 9.18 Å². The van der Waals surface area contributed by atoms with E-state index in [1.807, 2.05) is 30.2 Å². The maximum atomic E-state index is 13.6. The summed E-state index contributed by atoms with van der Waals surface area (Å²) in [6, 6.07) is 12.2. The summed E-state index contributed by atoms with van der Waals surface area (Å²) in [5.41, 5.74) is 6.73. The minimum atomic E-state index is -0.387. The van der Waals surface area contributed by atoms with Crippen LogP contribution in [0.4, 0.5) is 33.2 Å². The van der Waals surface area contributed by atoms with Crippen molar-refractivity contribution in [2.24, 2.45) is 0 Å². The molecule has 1 saturated heterocycles. The van der Waals surface area contributed by atoms with Crippen molar-refractivity contribution in [1.82, 2.24) is 9.97 Å². The number of rotatable bonds is 7. The highest BCUT2D eigenvalue weighted by Gasteiger charge is 2.47. The fourth-order valence-electron chi connectivity index (χ4n) is 5.69. The van der Waals surface area contributed by atoms with Crippen molar-refractivity contribution >= 4 is 34.7 Å². The Morgan fingerprint density at radius 2 is 1.95 bits per heavy atom. The van der Waals surface area contributed by atoms with E-state index in [4.69, 9.17) is 9.97 Å². The summed E-state index contributed by atoms with van der Waals surface area (Å²) in [6.45, 7) is 12.8. The second-order valence-corrected chi connectivity index (χ2v) is 10.4. The molecule has 2 atom stereocenters. The van der Waals surface area contributed by atoms with Crippen LogP contribution in [-0.2, 0) is 11.2 Å². The molecule has 2 aliphatic rings. The van der Waals surface area contributed by atoms with Crippen LogP contribution < -0.4 is 20.0 Å². The zero-order valence-electron chi connectivity index (χ0n) is 23.2. The number of likely N-dealkylation sites (N-methyl/N-ethyl adjacent to an activating group) is 1. The Morgan fingerprint density at radius 1 is 1.21 bits per heavy atom. The van der Waals surface area contributed by atoms with E-state index in [0.29, 0.717) is 18.9 Å². The Morgan fingerprint density at radius 3 is 2.59 bits per heavy atom. The van der Waals surface area contributed by atoms with Crippen LogP contribution in [0.3, 0.4) is 0 Å². The monoisotopic (exact) mass is 526 g/mol. The zero-order valence-corrected chi connectivity index (χ0v) is 23.2. The van der Waals surface area contributed by atoms with Gasteiger partial charge < -0.3 is 20.0 Å². The average Bonchev–Trinajstić information content (AvgIpc) is 3.36. The number of halogens is 1. The summed E-state index contributed by atoms with van der Waals surface area (Å²) in [4.78, 5) is 29.2. The van der Waals surface area contributed by atoms with E-state index in [-0.39, 0.29) is 23.7 Å². The first-order valence-electron chi connectivity index (χ1n) is 13.4. The van der Waals surface area contributed by atoms with Gasteiger partial charge in [0, 0.05) is 43.3 Å². The molecule has 1 aromatic heterocycles. The van der Waals surface area contributed by atoms with Gasteiger partial charge >= 0.3 is 0 Å². The largest absolute Gasteiger partial charge is 0.342 e. The van der Waals surface area contributed by atoms with Crippen LogP contribution in [-0.4, -0.2) is 35.5 Å². The number of benzene rings is 2. The lowest BCUT2D eigenvalue weighted by molar-refractivity contribution is -0.120. The molecule has 2 aliphatic heterocycles. The maximum Gasteiger partial charge on any atom is 0.250 e. The van der Waals surface area contributed by atoms with Gasteiger partial charge in [0.25, 0.3) is 0 Å². The van der Waals surface area contributed by atoms with E-state index in [2.05, 4.69) is 43.6 Å². The van der Waals surface area contributed by atoms with E-state index >= 15 is 0 Å². The van der Waals surface area contributed by atoms with Crippen LogP contribution in [0.1, 0.15) is 49.9 Å². The third-order valence-corrected chi connectivity index (χ3v) is 7.48. The van der Waals surface area contributed by atoms with Crippen molar-refractivity contribution in [3.05, 3.63) is 89.7 Å². The van der Waals surface area contributed by atoms with Crippen LogP contribution in [0.25, 0.3) is 0 Å². The van der Waals surface area contributed by atoms with Gasteiger partial charge in [-0.2, -0.15) is 4.98 Å². The van der Waals surface area contributed by atoms with Crippen LogP contribution in [0, 0.1) is 12.7 Å². The van der Waals surface area contributed by atoms with Crippen molar-refractivity contribution in [1.29, 1.82) is 0 Å². The molecule has 1 amide bonds. The zero-order chi connectivity index (χ0) is 27.8. The van der Waals surface area contributed by atoms with Gasteiger partial charge in [-0.15, -0.1) is 0 Å². The molecule has 0 bridgehead atoms. The van der Waals surface area contributed by atoms with Crippen LogP contribution >= 0.6 is 0 Å². The topological polar surface area (TPSA) is 64.6 Å². The number of carbonyl (C=O) groups is 1. The normalized spacial score (nSPS) is 17.9. The lowest BCUT2D eigenvalue weighted by Crippen LogP contribution is -2.51. The molecule has 0 spiro atoms. The summed E-state index contributed by atoms with van der Waals surface area (Å²) >= 11 is 0. The number of anilines is 5. The molecule has 2 aromatic carbocycles. The number of hydrogen-bond donors (Lipinski definition) is 1. The summed E-state index contributed by atoms with van der Waals surface area (Å²) in [5, 5.41) is 3.40.